The Bertz CT molecular complexity index is 649. The Morgan fingerprint density at radius 2 is 2.15 bits per heavy atom. The zero-order valence-corrected chi connectivity index (χ0v) is 11.0. The van der Waals surface area contributed by atoms with Crippen LogP contribution in [0.5, 0.6) is 0 Å². The average molecular weight is 301 g/mol. The molecule has 0 bridgehead atoms. The van der Waals surface area contributed by atoms with E-state index in [1.165, 1.54) is 17.0 Å². The number of aromatic nitrogens is 3. The molecule has 0 amide bonds. The van der Waals surface area contributed by atoms with Gasteiger partial charge in [0.2, 0.25) is 0 Å². The van der Waals surface area contributed by atoms with Gasteiger partial charge in [-0.15, -0.1) is 0 Å². The fraction of sp³-hybridized carbons (Fsp3) is 0.455. The molecule has 1 aliphatic rings. The highest BCUT2D eigenvalue weighted by Gasteiger charge is 2.43. The number of anilines is 1. The Labute approximate surface area is 118 Å². The number of aliphatic hydroxyl groups excluding tert-OH is 3. The number of rotatable bonds is 2. The number of nitrogen functional groups attached to an aromatic ring is 1. The van der Waals surface area contributed by atoms with E-state index in [4.69, 9.17) is 27.2 Å². The van der Waals surface area contributed by atoms with Crippen LogP contribution in [0.4, 0.5) is 5.82 Å². The van der Waals surface area contributed by atoms with E-state index in [1.54, 1.807) is 0 Å². The van der Waals surface area contributed by atoms with E-state index >= 15 is 0 Å². The fourth-order valence-corrected chi connectivity index (χ4v) is 2.53. The summed E-state index contributed by atoms with van der Waals surface area (Å²) in [6.07, 6.45) is -2.81. The molecular weight excluding hydrogens is 288 g/mol. The number of fused-ring (bicyclic) bond motifs is 1. The van der Waals surface area contributed by atoms with Crippen LogP contribution in [0, 0.1) is 0 Å². The lowest BCUT2D eigenvalue weighted by Gasteiger charge is -2.16. The number of hydrogen-bond donors (Lipinski definition) is 4. The van der Waals surface area contributed by atoms with Gasteiger partial charge in [0.15, 0.2) is 11.9 Å². The summed E-state index contributed by atoms with van der Waals surface area (Å²) >= 11 is 6.01. The highest BCUT2D eigenvalue weighted by Crippen LogP contribution is 2.32. The molecule has 4 atom stereocenters. The van der Waals surface area contributed by atoms with E-state index < -0.39 is 31.1 Å². The topological polar surface area (TPSA) is 127 Å². The summed E-state index contributed by atoms with van der Waals surface area (Å²) in [6, 6.07) is 1.47. The number of imidazole rings is 1. The van der Waals surface area contributed by atoms with Crippen LogP contribution in [0.25, 0.3) is 11.2 Å². The van der Waals surface area contributed by atoms with Gasteiger partial charge in [-0.25, -0.2) is 9.97 Å². The average Bonchev–Trinajstić information content (AvgIpc) is 2.93. The van der Waals surface area contributed by atoms with Gasteiger partial charge in [0, 0.05) is 6.07 Å². The molecule has 0 aliphatic carbocycles. The first-order chi connectivity index (χ1) is 9.52. The molecule has 5 N–H and O–H groups in total. The maximum atomic E-state index is 10.0. The van der Waals surface area contributed by atoms with Gasteiger partial charge in [0.25, 0.3) is 0 Å². The molecule has 0 saturated carbocycles. The third-order valence-corrected chi connectivity index (χ3v) is 3.58. The zero-order valence-electron chi connectivity index (χ0n) is 10.2. The number of pyridine rings is 1. The van der Waals surface area contributed by atoms with Gasteiger partial charge in [-0.3, -0.25) is 4.57 Å². The Hall–Kier alpha value is -1.45. The summed E-state index contributed by atoms with van der Waals surface area (Å²) in [5.74, 6) is 0.205. The van der Waals surface area contributed by atoms with E-state index in [0.29, 0.717) is 16.2 Å². The predicted octanol–water partition coefficient (Wildman–Crippen LogP) is -0.722. The zero-order chi connectivity index (χ0) is 14.4. The van der Waals surface area contributed by atoms with Gasteiger partial charge in [-0.05, 0) is 0 Å². The number of nitrogens with zero attached hydrogens (tertiary/aromatic N) is 3. The van der Waals surface area contributed by atoms with Gasteiger partial charge in [-0.2, -0.15) is 0 Å². The molecule has 0 aromatic carbocycles. The number of hydrogen-bond acceptors (Lipinski definition) is 7. The van der Waals surface area contributed by atoms with Crippen LogP contribution in [-0.2, 0) is 4.74 Å². The second-order valence-electron chi connectivity index (χ2n) is 4.58. The Balaban J connectivity index is 2.07. The van der Waals surface area contributed by atoms with Gasteiger partial charge in [-0.1, -0.05) is 11.6 Å². The van der Waals surface area contributed by atoms with Crippen molar-refractivity contribution in [3.05, 3.63) is 17.4 Å². The van der Waals surface area contributed by atoms with Gasteiger partial charge in [0.05, 0.1) is 18.0 Å². The van der Waals surface area contributed by atoms with Crippen molar-refractivity contribution in [3.8, 4) is 0 Å². The summed E-state index contributed by atoms with van der Waals surface area (Å²) in [7, 11) is 0. The number of ether oxygens (including phenoxy) is 1. The molecule has 2 aromatic heterocycles. The van der Waals surface area contributed by atoms with Crippen LogP contribution in [0.2, 0.25) is 5.02 Å². The fourth-order valence-electron chi connectivity index (χ4n) is 2.28. The molecule has 8 nitrogen and oxygen atoms in total. The van der Waals surface area contributed by atoms with E-state index in [2.05, 4.69) is 9.97 Å². The van der Waals surface area contributed by atoms with Crippen LogP contribution >= 0.6 is 11.6 Å². The Kier molecular flexibility index (Phi) is 3.27. The summed E-state index contributed by atoms with van der Waals surface area (Å²) in [6.45, 7) is -0.405. The molecule has 0 unspecified atom stereocenters. The second kappa shape index (κ2) is 4.83. The van der Waals surface area contributed by atoms with Gasteiger partial charge < -0.3 is 25.8 Å². The molecule has 1 aliphatic heterocycles. The predicted molar refractivity (Wildman–Crippen MR) is 70.0 cm³/mol. The maximum Gasteiger partial charge on any atom is 0.165 e. The molecule has 108 valence electrons. The van der Waals surface area contributed by atoms with Crippen molar-refractivity contribution >= 4 is 28.6 Å². The lowest BCUT2D eigenvalue weighted by atomic mass is 10.1. The minimum Gasteiger partial charge on any atom is -0.394 e. The molecule has 0 radical (unpaired) electrons. The Morgan fingerprint density at radius 3 is 2.80 bits per heavy atom. The van der Waals surface area contributed by atoms with Crippen molar-refractivity contribution in [3.63, 3.8) is 0 Å². The summed E-state index contributed by atoms with van der Waals surface area (Å²) < 4.78 is 6.85. The first kappa shape index (κ1) is 13.5. The third-order valence-electron chi connectivity index (χ3n) is 3.29. The maximum absolute atomic E-state index is 10.0. The quantitative estimate of drug-likeness (QED) is 0.576. The monoisotopic (exact) mass is 300 g/mol. The summed E-state index contributed by atoms with van der Waals surface area (Å²) in [4.78, 5) is 8.20. The van der Waals surface area contributed by atoms with Gasteiger partial charge >= 0.3 is 0 Å². The minimum absolute atomic E-state index is 0.205. The lowest BCUT2D eigenvalue weighted by Crippen LogP contribution is -2.33. The van der Waals surface area contributed by atoms with Crippen molar-refractivity contribution < 1.29 is 20.1 Å². The van der Waals surface area contributed by atoms with Crippen LogP contribution in [0.3, 0.4) is 0 Å². The number of halogens is 1. The highest BCUT2D eigenvalue weighted by molar-refractivity contribution is 6.35. The Morgan fingerprint density at radius 1 is 1.40 bits per heavy atom. The normalized spacial score (nSPS) is 30.2. The molecule has 0 spiro atoms. The first-order valence-electron chi connectivity index (χ1n) is 5.94. The van der Waals surface area contributed by atoms with Crippen LogP contribution in [-0.4, -0.2) is 54.8 Å². The number of aliphatic hydroxyl groups is 3. The third kappa shape index (κ3) is 1.93. The van der Waals surface area contributed by atoms with Crippen LogP contribution in [0.1, 0.15) is 6.23 Å². The largest absolute Gasteiger partial charge is 0.394 e. The molecule has 3 rings (SSSR count). The smallest absolute Gasteiger partial charge is 0.165 e. The second-order valence-corrected chi connectivity index (χ2v) is 4.99. The molecule has 20 heavy (non-hydrogen) atoms. The summed E-state index contributed by atoms with van der Waals surface area (Å²) in [5.41, 5.74) is 6.39. The molecule has 1 saturated heterocycles. The first-order valence-corrected chi connectivity index (χ1v) is 6.31. The van der Waals surface area contributed by atoms with Crippen molar-refractivity contribution in [1.29, 1.82) is 0 Å². The van der Waals surface area contributed by atoms with E-state index in [1.807, 2.05) is 0 Å². The van der Waals surface area contributed by atoms with Gasteiger partial charge in [0.1, 0.15) is 29.6 Å². The summed E-state index contributed by atoms with van der Waals surface area (Å²) in [5, 5.41) is 29.2. The van der Waals surface area contributed by atoms with Crippen molar-refractivity contribution in [2.75, 3.05) is 12.3 Å². The number of nitrogens with two attached hydrogens (primary N) is 1. The SMILES string of the molecule is Nc1cc(Cl)c2ncn([C@@H]3O[C@H](CO)[C@@H](O)[C@H]3O)c2n1. The van der Waals surface area contributed by atoms with Crippen molar-refractivity contribution in [2.24, 2.45) is 0 Å². The van der Waals surface area contributed by atoms with E-state index in [9.17, 15) is 10.2 Å². The van der Waals surface area contributed by atoms with E-state index in [0.717, 1.165) is 0 Å². The lowest BCUT2D eigenvalue weighted by molar-refractivity contribution is -0.0511. The van der Waals surface area contributed by atoms with Crippen molar-refractivity contribution in [2.45, 2.75) is 24.5 Å². The van der Waals surface area contributed by atoms with Crippen molar-refractivity contribution in [1.82, 2.24) is 14.5 Å². The highest BCUT2D eigenvalue weighted by atomic mass is 35.5. The van der Waals surface area contributed by atoms with Crippen LogP contribution in [0.15, 0.2) is 12.4 Å². The minimum atomic E-state index is -1.22. The molecule has 9 heteroatoms. The van der Waals surface area contributed by atoms with E-state index in [-0.39, 0.29) is 5.82 Å². The standard InChI is InChI=1S/C11H13ClN4O4/c12-4-1-6(13)15-10-7(4)14-3-16(10)11-9(19)8(18)5(2-17)20-11/h1,3,5,8-9,11,17-19H,2H2,(H2,13,15)/t5-,8-,9-,11-/m1/s1. The molecule has 2 aromatic rings. The van der Waals surface area contributed by atoms with Crippen LogP contribution < -0.4 is 5.73 Å². The molecule has 1 fully saturated rings. The molecular formula is C11H13ClN4O4. The molecule has 3 heterocycles.